The lowest BCUT2D eigenvalue weighted by molar-refractivity contribution is -0.124. The number of benzene rings is 1. The van der Waals surface area contributed by atoms with Crippen LogP contribution in [0.5, 0.6) is 5.75 Å². The Labute approximate surface area is 179 Å². The molecule has 0 heterocycles. The number of rotatable bonds is 11. The van der Waals surface area contributed by atoms with Crippen LogP contribution in [0.2, 0.25) is 0 Å². The van der Waals surface area contributed by atoms with Gasteiger partial charge in [0.2, 0.25) is 5.91 Å². The average molecular weight is 434 g/mol. The van der Waals surface area contributed by atoms with Crippen LogP contribution in [0.4, 0.5) is 0 Å². The fraction of sp³-hybridized carbons (Fsp3) is 0.391. The highest BCUT2D eigenvalue weighted by atomic mass is 32.2. The summed E-state index contributed by atoms with van der Waals surface area (Å²) in [7, 11) is -1.68. The predicted octanol–water partition coefficient (Wildman–Crippen LogP) is 3.50. The first-order valence-corrected chi connectivity index (χ1v) is 11.6. The lowest BCUT2D eigenvalue weighted by Crippen LogP contribution is -2.27. The summed E-state index contributed by atoms with van der Waals surface area (Å²) in [5.74, 6) is 0.377. The molecule has 0 saturated heterocycles. The first kappa shape index (κ1) is 25.4. The van der Waals surface area contributed by atoms with E-state index in [1.165, 1.54) is 4.90 Å². The van der Waals surface area contributed by atoms with Gasteiger partial charge in [0, 0.05) is 37.8 Å². The number of likely N-dealkylation sites (N-methyl/N-ethyl adjacent to an activating group) is 1. The van der Waals surface area contributed by atoms with Crippen molar-refractivity contribution in [1.29, 1.82) is 0 Å². The van der Waals surface area contributed by atoms with Crippen LogP contribution in [-0.2, 0) is 25.8 Å². The lowest BCUT2D eigenvalue weighted by Gasteiger charge is -2.15. The van der Waals surface area contributed by atoms with E-state index in [0.717, 1.165) is 40.2 Å². The minimum atomic E-state index is -3.31. The largest absolute Gasteiger partial charge is 0.493 e. The van der Waals surface area contributed by atoms with Gasteiger partial charge < -0.3 is 9.64 Å². The fourth-order valence-corrected chi connectivity index (χ4v) is 2.80. The van der Waals surface area contributed by atoms with Crippen molar-refractivity contribution in [3.63, 3.8) is 0 Å². The molecule has 1 aromatic carbocycles. The Balaban J connectivity index is 2.46. The van der Waals surface area contributed by atoms with Gasteiger partial charge in [-0.25, -0.2) is 8.42 Å². The van der Waals surface area contributed by atoms with Crippen LogP contribution in [0.3, 0.4) is 0 Å². The summed E-state index contributed by atoms with van der Waals surface area (Å²) in [6, 6.07) is 7.60. The van der Waals surface area contributed by atoms with Crippen LogP contribution in [0.15, 0.2) is 59.0 Å². The van der Waals surface area contributed by atoms with Gasteiger partial charge in [0.25, 0.3) is 0 Å². The second-order valence-corrected chi connectivity index (χ2v) is 9.43. The van der Waals surface area contributed by atoms with Gasteiger partial charge in [-0.1, -0.05) is 23.3 Å². The Kier molecular flexibility index (Phi) is 10.3. The third kappa shape index (κ3) is 11.4. The summed E-state index contributed by atoms with van der Waals surface area (Å²) in [6.07, 6.45) is 6.65. The second kappa shape index (κ2) is 12.1. The Hall–Kier alpha value is -2.67. The number of allylic oxidation sites excluding steroid dienone is 3. The monoisotopic (exact) mass is 433 g/mol. The minimum Gasteiger partial charge on any atom is -0.493 e. The smallest absolute Gasteiger partial charge is 0.247 e. The summed E-state index contributed by atoms with van der Waals surface area (Å²) in [4.78, 5) is 25.1. The Morgan fingerprint density at radius 1 is 1.07 bits per heavy atom. The highest BCUT2D eigenvalue weighted by molar-refractivity contribution is 7.93. The highest BCUT2D eigenvalue weighted by Gasteiger charge is 2.07. The summed E-state index contributed by atoms with van der Waals surface area (Å²) < 4.78 is 27.9. The van der Waals surface area contributed by atoms with Gasteiger partial charge in [-0.2, -0.15) is 0 Å². The molecule has 0 saturated carbocycles. The number of carbonyl (C=O) groups excluding carboxylic acids is 2. The van der Waals surface area contributed by atoms with E-state index in [1.807, 2.05) is 45.0 Å². The summed E-state index contributed by atoms with van der Waals surface area (Å²) in [5, 5.41) is 0.909. The van der Waals surface area contributed by atoms with Gasteiger partial charge in [-0.15, -0.1) is 0 Å². The van der Waals surface area contributed by atoms with Crippen molar-refractivity contribution in [3.8, 4) is 5.75 Å². The van der Waals surface area contributed by atoms with E-state index in [4.69, 9.17) is 4.74 Å². The molecule has 0 fully saturated rings. The van der Waals surface area contributed by atoms with E-state index >= 15 is 0 Å². The van der Waals surface area contributed by atoms with Gasteiger partial charge in [0.1, 0.15) is 5.75 Å². The van der Waals surface area contributed by atoms with Crippen molar-refractivity contribution in [1.82, 2.24) is 4.90 Å². The molecule has 0 unspecified atom stereocenters. The third-order valence-electron chi connectivity index (χ3n) is 4.08. The quantitative estimate of drug-likeness (QED) is 0.499. The number of sulfone groups is 1. The van der Waals surface area contributed by atoms with Crippen molar-refractivity contribution < 1.29 is 22.7 Å². The van der Waals surface area contributed by atoms with Crippen molar-refractivity contribution in [3.05, 3.63) is 64.6 Å². The molecule has 0 aliphatic rings. The molecule has 1 aromatic rings. The Morgan fingerprint density at radius 3 is 2.27 bits per heavy atom. The SMILES string of the molecule is CC(C)=CC(=O)C=C(C)CCOc1ccc(CCN(C)C(=O)C=CS(C)(=O)=O)cc1. The second-order valence-electron chi connectivity index (χ2n) is 7.50. The fourth-order valence-electron chi connectivity index (χ4n) is 2.44. The van der Waals surface area contributed by atoms with Crippen molar-refractivity contribution in [2.75, 3.05) is 26.5 Å². The van der Waals surface area contributed by atoms with Crippen molar-refractivity contribution in [2.24, 2.45) is 0 Å². The van der Waals surface area contributed by atoms with E-state index in [2.05, 4.69) is 0 Å². The molecule has 30 heavy (non-hydrogen) atoms. The van der Waals surface area contributed by atoms with E-state index in [0.29, 0.717) is 26.0 Å². The molecule has 6 nitrogen and oxygen atoms in total. The van der Waals surface area contributed by atoms with Crippen LogP contribution in [0.1, 0.15) is 32.8 Å². The summed E-state index contributed by atoms with van der Waals surface area (Å²) in [6.45, 7) is 6.64. The number of ketones is 1. The van der Waals surface area contributed by atoms with Crippen molar-refractivity contribution >= 4 is 21.5 Å². The van der Waals surface area contributed by atoms with Crippen LogP contribution in [0, 0.1) is 0 Å². The molecule has 1 amide bonds. The zero-order valence-corrected chi connectivity index (χ0v) is 19.2. The number of ether oxygens (including phenoxy) is 1. The zero-order valence-electron chi connectivity index (χ0n) is 18.3. The van der Waals surface area contributed by atoms with Crippen LogP contribution in [0.25, 0.3) is 0 Å². The summed E-state index contributed by atoms with van der Waals surface area (Å²) >= 11 is 0. The van der Waals surface area contributed by atoms with Gasteiger partial charge in [-0.05, 0) is 57.0 Å². The molecule has 7 heteroatoms. The van der Waals surface area contributed by atoms with Gasteiger partial charge >= 0.3 is 0 Å². The van der Waals surface area contributed by atoms with Crippen molar-refractivity contribution in [2.45, 2.75) is 33.6 Å². The average Bonchev–Trinajstić information content (AvgIpc) is 2.63. The standard InChI is InChI=1S/C23H31NO5S/c1-18(2)16-21(25)17-19(3)11-14-29-22-8-6-20(7-9-22)10-13-24(4)23(26)12-15-30(5,27)28/h6-9,12,15-17H,10-11,13-14H2,1-5H3. The van der Waals surface area contributed by atoms with Gasteiger partial charge in [-0.3, -0.25) is 9.59 Å². The van der Waals surface area contributed by atoms with E-state index in [1.54, 1.807) is 19.2 Å². The predicted molar refractivity (Wildman–Crippen MR) is 120 cm³/mol. The topological polar surface area (TPSA) is 80.8 Å². The molecule has 1 rings (SSSR count). The van der Waals surface area contributed by atoms with Gasteiger partial charge in [0.15, 0.2) is 15.6 Å². The Morgan fingerprint density at radius 2 is 1.70 bits per heavy atom. The number of hydrogen-bond acceptors (Lipinski definition) is 5. The van der Waals surface area contributed by atoms with E-state index < -0.39 is 9.84 Å². The van der Waals surface area contributed by atoms with E-state index in [9.17, 15) is 18.0 Å². The highest BCUT2D eigenvalue weighted by Crippen LogP contribution is 2.14. The van der Waals surface area contributed by atoms with Crippen LogP contribution >= 0.6 is 0 Å². The minimum absolute atomic E-state index is 0.00730. The molecular formula is C23H31NO5S. The first-order chi connectivity index (χ1) is 14.0. The maximum absolute atomic E-state index is 11.9. The number of hydrogen-bond donors (Lipinski definition) is 0. The first-order valence-electron chi connectivity index (χ1n) is 9.67. The van der Waals surface area contributed by atoms with Crippen LogP contribution in [-0.4, -0.2) is 51.5 Å². The molecule has 0 aliphatic carbocycles. The molecule has 0 aromatic heterocycles. The third-order valence-corrected chi connectivity index (χ3v) is 4.71. The normalized spacial score (nSPS) is 12.0. The molecule has 0 bridgehead atoms. The lowest BCUT2D eigenvalue weighted by atomic mass is 10.1. The van der Waals surface area contributed by atoms with Gasteiger partial charge in [0.05, 0.1) is 6.61 Å². The number of amides is 1. The molecule has 0 N–H and O–H groups in total. The molecule has 0 spiro atoms. The summed E-state index contributed by atoms with van der Waals surface area (Å²) in [5.41, 5.74) is 2.98. The molecule has 0 radical (unpaired) electrons. The molecular weight excluding hydrogens is 402 g/mol. The molecule has 0 atom stereocenters. The number of carbonyl (C=O) groups is 2. The maximum atomic E-state index is 11.9. The molecule has 0 aliphatic heterocycles. The zero-order chi connectivity index (χ0) is 22.7. The Bertz CT molecular complexity index is 921. The number of nitrogens with zero attached hydrogens (tertiary/aromatic N) is 1. The molecule has 164 valence electrons. The van der Waals surface area contributed by atoms with Crippen LogP contribution < -0.4 is 4.74 Å². The van der Waals surface area contributed by atoms with E-state index in [-0.39, 0.29) is 11.7 Å². The maximum Gasteiger partial charge on any atom is 0.247 e.